The molecular weight excluding hydrogens is 192 g/mol. The molecule has 1 aromatic carbocycles. The predicted molar refractivity (Wildman–Crippen MR) is 58.0 cm³/mol. The van der Waals surface area contributed by atoms with Crippen molar-refractivity contribution in [2.45, 2.75) is 13.0 Å². The highest BCUT2D eigenvalue weighted by molar-refractivity contribution is 5.73. The van der Waals surface area contributed by atoms with E-state index >= 15 is 0 Å². The average Bonchev–Trinajstić information content (AvgIpc) is 2.64. The van der Waals surface area contributed by atoms with Gasteiger partial charge in [-0.3, -0.25) is 0 Å². The Hall–Kier alpha value is -1.71. The molecule has 0 amide bonds. The SMILES string of the molecule is Cc1ccc(OC[C@H]2COC(N)=N2)cc1. The van der Waals surface area contributed by atoms with Crippen LogP contribution in [0.4, 0.5) is 0 Å². The second-order valence-corrected chi connectivity index (χ2v) is 3.56. The van der Waals surface area contributed by atoms with Gasteiger partial charge in [0.15, 0.2) is 0 Å². The third-order valence-corrected chi connectivity index (χ3v) is 2.20. The number of nitrogens with zero attached hydrogens (tertiary/aromatic N) is 1. The zero-order chi connectivity index (χ0) is 10.7. The summed E-state index contributed by atoms with van der Waals surface area (Å²) in [7, 11) is 0. The molecule has 0 saturated carbocycles. The lowest BCUT2D eigenvalue weighted by atomic mass is 10.2. The smallest absolute Gasteiger partial charge is 0.282 e. The summed E-state index contributed by atoms with van der Waals surface area (Å²) in [4.78, 5) is 4.07. The maximum absolute atomic E-state index is 5.55. The van der Waals surface area contributed by atoms with Gasteiger partial charge >= 0.3 is 0 Å². The number of aryl methyl sites for hydroxylation is 1. The number of hydrogen-bond acceptors (Lipinski definition) is 4. The van der Waals surface area contributed by atoms with Gasteiger partial charge in [0.2, 0.25) is 0 Å². The van der Waals surface area contributed by atoms with Crippen LogP contribution in [0.2, 0.25) is 0 Å². The van der Waals surface area contributed by atoms with Crippen molar-refractivity contribution in [3.63, 3.8) is 0 Å². The molecule has 80 valence electrons. The van der Waals surface area contributed by atoms with Gasteiger partial charge in [0.1, 0.15) is 25.0 Å². The first-order valence-electron chi connectivity index (χ1n) is 4.89. The van der Waals surface area contributed by atoms with Gasteiger partial charge in [-0.25, -0.2) is 4.99 Å². The maximum atomic E-state index is 5.55. The first-order valence-corrected chi connectivity index (χ1v) is 4.89. The van der Waals surface area contributed by atoms with E-state index in [1.165, 1.54) is 5.56 Å². The summed E-state index contributed by atoms with van der Waals surface area (Å²) < 4.78 is 10.6. The van der Waals surface area contributed by atoms with E-state index in [-0.39, 0.29) is 12.1 Å². The zero-order valence-electron chi connectivity index (χ0n) is 8.64. The van der Waals surface area contributed by atoms with E-state index in [0.717, 1.165) is 5.75 Å². The van der Waals surface area contributed by atoms with Gasteiger partial charge in [-0.2, -0.15) is 0 Å². The number of rotatable bonds is 3. The van der Waals surface area contributed by atoms with Gasteiger partial charge in [0.25, 0.3) is 6.02 Å². The number of hydrogen-bond donors (Lipinski definition) is 1. The molecule has 1 atom stereocenters. The fourth-order valence-electron chi connectivity index (χ4n) is 1.35. The second kappa shape index (κ2) is 4.21. The van der Waals surface area contributed by atoms with Crippen molar-refractivity contribution < 1.29 is 9.47 Å². The molecule has 0 spiro atoms. The van der Waals surface area contributed by atoms with Gasteiger partial charge in [-0.1, -0.05) is 17.7 Å². The summed E-state index contributed by atoms with van der Waals surface area (Å²) in [5.41, 5.74) is 6.60. The second-order valence-electron chi connectivity index (χ2n) is 3.56. The highest BCUT2D eigenvalue weighted by Crippen LogP contribution is 2.12. The molecule has 1 aromatic rings. The summed E-state index contributed by atoms with van der Waals surface area (Å²) in [5.74, 6) is 0.848. The lowest BCUT2D eigenvalue weighted by Crippen LogP contribution is -2.17. The molecule has 0 radical (unpaired) electrons. The van der Waals surface area contributed by atoms with Crippen LogP contribution in [-0.4, -0.2) is 25.3 Å². The summed E-state index contributed by atoms with van der Waals surface area (Å²) in [6.45, 7) is 3.06. The van der Waals surface area contributed by atoms with Crippen molar-refractivity contribution in [1.29, 1.82) is 0 Å². The van der Waals surface area contributed by atoms with Crippen LogP contribution in [0, 0.1) is 6.92 Å². The van der Waals surface area contributed by atoms with Crippen molar-refractivity contribution in [3.05, 3.63) is 29.8 Å². The van der Waals surface area contributed by atoms with Crippen LogP contribution >= 0.6 is 0 Å². The van der Waals surface area contributed by atoms with Crippen LogP contribution in [0.15, 0.2) is 29.3 Å². The molecule has 1 aliphatic rings. The van der Waals surface area contributed by atoms with E-state index in [0.29, 0.717) is 13.2 Å². The van der Waals surface area contributed by atoms with E-state index in [9.17, 15) is 0 Å². The van der Waals surface area contributed by atoms with Crippen LogP contribution in [0.5, 0.6) is 5.75 Å². The standard InChI is InChI=1S/C11H14N2O2/c1-8-2-4-10(5-3-8)14-6-9-7-15-11(12)13-9/h2-5,9H,6-7H2,1H3,(H2,12,13)/t9-/m0/s1. The van der Waals surface area contributed by atoms with Crippen molar-refractivity contribution in [2.75, 3.05) is 13.2 Å². The molecule has 0 fully saturated rings. The van der Waals surface area contributed by atoms with Gasteiger partial charge in [0, 0.05) is 0 Å². The third kappa shape index (κ3) is 2.62. The lowest BCUT2D eigenvalue weighted by Gasteiger charge is -2.08. The quantitative estimate of drug-likeness (QED) is 0.805. The van der Waals surface area contributed by atoms with Crippen LogP contribution in [0.3, 0.4) is 0 Å². The molecule has 0 aliphatic carbocycles. The molecule has 0 bridgehead atoms. The van der Waals surface area contributed by atoms with Gasteiger partial charge in [-0.05, 0) is 19.1 Å². The molecule has 4 nitrogen and oxygen atoms in total. The van der Waals surface area contributed by atoms with Gasteiger partial charge in [0.05, 0.1) is 0 Å². The van der Waals surface area contributed by atoms with E-state index in [1.807, 2.05) is 31.2 Å². The molecule has 0 saturated heterocycles. The first kappa shape index (κ1) is 9.83. The Morgan fingerprint density at radius 1 is 1.47 bits per heavy atom. The molecule has 2 rings (SSSR count). The average molecular weight is 206 g/mol. The van der Waals surface area contributed by atoms with Crippen molar-refractivity contribution in [2.24, 2.45) is 10.7 Å². The number of nitrogens with two attached hydrogens (primary N) is 1. The topological polar surface area (TPSA) is 56.8 Å². The summed E-state index contributed by atoms with van der Waals surface area (Å²) in [6, 6.07) is 8.19. The zero-order valence-corrected chi connectivity index (χ0v) is 8.64. The highest BCUT2D eigenvalue weighted by atomic mass is 16.5. The largest absolute Gasteiger partial charge is 0.491 e. The number of benzene rings is 1. The Balaban J connectivity index is 1.86. The third-order valence-electron chi connectivity index (χ3n) is 2.20. The van der Waals surface area contributed by atoms with E-state index in [1.54, 1.807) is 0 Å². The van der Waals surface area contributed by atoms with Crippen molar-refractivity contribution >= 4 is 6.02 Å². The van der Waals surface area contributed by atoms with E-state index in [4.69, 9.17) is 15.2 Å². The number of aliphatic imine (C=N–C) groups is 1. The fraction of sp³-hybridized carbons (Fsp3) is 0.364. The summed E-state index contributed by atoms with van der Waals surface area (Å²) in [5, 5.41) is 0. The number of amidine groups is 1. The Morgan fingerprint density at radius 3 is 2.80 bits per heavy atom. The minimum Gasteiger partial charge on any atom is -0.491 e. The van der Waals surface area contributed by atoms with Crippen molar-refractivity contribution in [3.8, 4) is 5.75 Å². The normalized spacial score (nSPS) is 19.5. The summed E-state index contributed by atoms with van der Waals surface area (Å²) >= 11 is 0. The molecular formula is C11H14N2O2. The molecule has 0 unspecified atom stereocenters. The van der Waals surface area contributed by atoms with Gasteiger partial charge in [-0.15, -0.1) is 0 Å². The monoisotopic (exact) mass is 206 g/mol. The predicted octanol–water partition coefficient (Wildman–Crippen LogP) is 1.09. The first-order chi connectivity index (χ1) is 7.24. The number of ether oxygens (including phenoxy) is 2. The van der Waals surface area contributed by atoms with E-state index in [2.05, 4.69) is 4.99 Å². The minimum absolute atomic E-state index is 0.0197. The molecule has 2 N–H and O–H groups in total. The van der Waals surface area contributed by atoms with Crippen LogP contribution < -0.4 is 10.5 Å². The summed E-state index contributed by atoms with van der Waals surface area (Å²) in [6.07, 6.45) is 0. The molecule has 0 aromatic heterocycles. The molecule has 15 heavy (non-hydrogen) atoms. The molecule has 1 heterocycles. The molecule has 1 aliphatic heterocycles. The Morgan fingerprint density at radius 2 is 2.20 bits per heavy atom. The van der Waals surface area contributed by atoms with Crippen LogP contribution in [0.1, 0.15) is 5.56 Å². The van der Waals surface area contributed by atoms with Crippen LogP contribution in [-0.2, 0) is 4.74 Å². The van der Waals surface area contributed by atoms with Crippen LogP contribution in [0.25, 0.3) is 0 Å². The Kier molecular flexibility index (Phi) is 2.76. The minimum atomic E-state index is 0.0197. The van der Waals surface area contributed by atoms with E-state index < -0.39 is 0 Å². The Labute approximate surface area is 88.7 Å². The van der Waals surface area contributed by atoms with Crippen molar-refractivity contribution in [1.82, 2.24) is 0 Å². The molecule has 4 heteroatoms. The highest BCUT2D eigenvalue weighted by Gasteiger charge is 2.16. The lowest BCUT2D eigenvalue weighted by molar-refractivity contribution is 0.241. The maximum Gasteiger partial charge on any atom is 0.282 e. The van der Waals surface area contributed by atoms with Gasteiger partial charge < -0.3 is 15.2 Å². The fourth-order valence-corrected chi connectivity index (χ4v) is 1.35. The Bertz CT molecular complexity index is 359.